The molecule has 1 atom stereocenters. The van der Waals surface area contributed by atoms with Gasteiger partial charge in [-0.05, 0) is 80.4 Å². The first kappa shape index (κ1) is 27.3. The van der Waals surface area contributed by atoms with Crippen molar-refractivity contribution in [3.8, 4) is 5.82 Å². The molecule has 5 heterocycles. The van der Waals surface area contributed by atoms with Crippen molar-refractivity contribution >= 4 is 39.1 Å². The van der Waals surface area contributed by atoms with Crippen LogP contribution in [0.3, 0.4) is 0 Å². The number of fused-ring (bicyclic) bond motifs is 2. The van der Waals surface area contributed by atoms with Crippen LogP contribution < -0.4 is 10.9 Å². The number of thiol groups is 1. The van der Waals surface area contributed by atoms with Crippen LogP contribution in [-0.2, 0) is 36.7 Å². The SMILES string of the molecule is C=CCn1c(=O)c2cnc(Nc3cc4c(c(CN5CCCC5)c3)CCN(C)C4)nc2n1-c1cccc(/N=[SH](/C)=O)n1. The molecular formula is C29H35N9O2S. The molecule has 1 N–H and O–H groups in total. The molecule has 1 fully saturated rings. The van der Waals surface area contributed by atoms with Gasteiger partial charge in [-0.15, -0.1) is 6.58 Å². The molecule has 214 valence electrons. The molecule has 1 aromatic carbocycles. The van der Waals surface area contributed by atoms with Gasteiger partial charge >= 0.3 is 0 Å². The Morgan fingerprint density at radius 1 is 1.17 bits per heavy atom. The second-order valence-corrected chi connectivity index (χ2v) is 11.8. The monoisotopic (exact) mass is 573 g/mol. The van der Waals surface area contributed by atoms with Gasteiger partial charge in [0.15, 0.2) is 17.3 Å². The number of hydrogen-bond donors (Lipinski definition) is 2. The van der Waals surface area contributed by atoms with Crippen LogP contribution in [0.2, 0.25) is 0 Å². The molecule has 1 saturated heterocycles. The zero-order valence-corrected chi connectivity index (χ0v) is 24.3. The molecule has 41 heavy (non-hydrogen) atoms. The third kappa shape index (κ3) is 5.67. The fourth-order valence-electron chi connectivity index (χ4n) is 5.79. The molecule has 4 aromatic rings. The van der Waals surface area contributed by atoms with Crippen LogP contribution in [-0.4, -0.2) is 71.3 Å². The topological polar surface area (TPSA) is 114 Å². The Bertz CT molecular complexity index is 1760. The minimum Gasteiger partial charge on any atom is -0.324 e. The van der Waals surface area contributed by atoms with Crippen LogP contribution in [0.4, 0.5) is 17.5 Å². The van der Waals surface area contributed by atoms with Crippen molar-refractivity contribution < 1.29 is 4.21 Å². The van der Waals surface area contributed by atoms with E-state index < -0.39 is 10.6 Å². The van der Waals surface area contributed by atoms with E-state index >= 15 is 0 Å². The summed E-state index contributed by atoms with van der Waals surface area (Å²) in [6, 6.07) is 9.63. The van der Waals surface area contributed by atoms with E-state index in [4.69, 9.17) is 4.98 Å². The molecule has 0 amide bonds. The number of aromatic nitrogens is 5. The zero-order valence-electron chi connectivity index (χ0n) is 23.5. The molecule has 1 unspecified atom stereocenters. The summed E-state index contributed by atoms with van der Waals surface area (Å²) in [5.41, 5.74) is 5.23. The van der Waals surface area contributed by atoms with E-state index in [0.29, 0.717) is 28.6 Å². The lowest BCUT2D eigenvalue weighted by atomic mass is 9.93. The average molecular weight is 574 g/mol. The second-order valence-electron chi connectivity index (χ2n) is 10.7. The molecule has 0 saturated carbocycles. The number of allylic oxidation sites excluding steroid dienone is 1. The molecule has 2 aliphatic rings. The van der Waals surface area contributed by atoms with Gasteiger partial charge in [0.2, 0.25) is 5.95 Å². The van der Waals surface area contributed by atoms with Crippen LogP contribution >= 0.6 is 0 Å². The molecule has 0 spiro atoms. The molecule has 0 radical (unpaired) electrons. The van der Waals surface area contributed by atoms with Crippen LogP contribution in [0.15, 0.2) is 58.3 Å². The Morgan fingerprint density at radius 2 is 2.00 bits per heavy atom. The number of nitrogens with zero attached hydrogens (tertiary/aromatic N) is 8. The number of pyridine rings is 1. The molecular weight excluding hydrogens is 538 g/mol. The lowest BCUT2D eigenvalue weighted by Crippen LogP contribution is -2.29. The highest BCUT2D eigenvalue weighted by molar-refractivity contribution is 7.74. The summed E-state index contributed by atoms with van der Waals surface area (Å²) >= 11 is 0. The van der Waals surface area contributed by atoms with Gasteiger partial charge in [0.1, 0.15) is 5.39 Å². The lowest BCUT2D eigenvalue weighted by Gasteiger charge is -2.29. The first-order valence-corrected chi connectivity index (χ1v) is 15.6. The third-order valence-electron chi connectivity index (χ3n) is 7.62. The van der Waals surface area contributed by atoms with Crippen LogP contribution in [0, 0.1) is 0 Å². The normalized spacial score (nSPS) is 16.7. The minimum absolute atomic E-state index is 0.248. The Kier molecular flexibility index (Phi) is 7.69. The largest absolute Gasteiger partial charge is 0.324 e. The predicted molar refractivity (Wildman–Crippen MR) is 163 cm³/mol. The number of hydrogen-bond acceptors (Lipinski definition) is 9. The fourth-order valence-corrected chi connectivity index (χ4v) is 6.19. The smallest absolute Gasteiger partial charge is 0.278 e. The third-order valence-corrected chi connectivity index (χ3v) is 8.11. The minimum atomic E-state index is -1.77. The molecule has 0 aliphatic carbocycles. The van der Waals surface area contributed by atoms with Gasteiger partial charge in [-0.3, -0.25) is 13.9 Å². The van der Waals surface area contributed by atoms with Gasteiger partial charge in [-0.1, -0.05) is 12.1 Å². The van der Waals surface area contributed by atoms with Crippen molar-refractivity contribution in [2.45, 2.75) is 38.9 Å². The zero-order chi connectivity index (χ0) is 28.5. The quantitative estimate of drug-likeness (QED) is 0.244. The molecule has 11 nitrogen and oxygen atoms in total. The highest BCUT2D eigenvalue weighted by atomic mass is 32.2. The Labute approximate surface area is 240 Å². The summed E-state index contributed by atoms with van der Waals surface area (Å²) < 4.78 is 19.0. The predicted octanol–water partition coefficient (Wildman–Crippen LogP) is 3.42. The van der Waals surface area contributed by atoms with Crippen molar-refractivity contribution in [3.63, 3.8) is 0 Å². The van der Waals surface area contributed by atoms with Crippen molar-refractivity contribution in [2.24, 2.45) is 4.36 Å². The van der Waals surface area contributed by atoms with Gasteiger partial charge < -0.3 is 10.2 Å². The van der Waals surface area contributed by atoms with Crippen molar-refractivity contribution in [1.29, 1.82) is 0 Å². The van der Waals surface area contributed by atoms with Crippen LogP contribution in [0.1, 0.15) is 29.5 Å². The maximum absolute atomic E-state index is 13.3. The van der Waals surface area contributed by atoms with Gasteiger partial charge in [-0.2, -0.15) is 9.35 Å². The van der Waals surface area contributed by atoms with E-state index in [2.05, 4.69) is 55.2 Å². The summed E-state index contributed by atoms with van der Waals surface area (Å²) in [6.45, 7) is 9.25. The summed E-state index contributed by atoms with van der Waals surface area (Å²) in [4.78, 5) is 32.1. The van der Waals surface area contributed by atoms with E-state index in [9.17, 15) is 9.00 Å². The Morgan fingerprint density at radius 3 is 2.78 bits per heavy atom. The number of nitrogens with one attached hydrogen (secondary N) is 1. The maximum atomic E-state index is 13.3. The maximum Gasteiger partial charge on any atom is 0.278 e. The second kappa shape index (κ2) is 11.6. The van der Waals surface area contributed by atoms with Gasteiger partial charge in [-0.25, -0.2) is 19.3 Å². The molecule has 2 aliphatic heterocycles. The number of benzene rings is 1. The highest BCUT2D eigenvalue weighted by Gasteiger charge is 2.22. The summed E-state index contributed by atoms with van der Waals surface area (Å²) in [6.07, 6.45) is 8.28. The number of anilines is 2. The van der Waals surface area contributed by atoms with E-state index in [0.717, 1.165) is 44.8 Å². The van der Waals surface area contributed by atoms with E-state index in [1.165, 1.54) is 40.5 Å². The Balaban J connectivity index is 1.42. The standard InChI is InChI=1S/C29H35N9O2S/c1-4-11-37-28(39)24-17-30-29(33-27(24)38(37)26-9-7-8-25(32-26)34-41(3)40)31-22-15-20-18-35(2)14-10-23(20)21(16-22)19-36-12-5-6-13-36/h4,7-9,15-17,41H,1,5-6,10-14,18-19H2,2-3H3,(H,30,31,33). The van der Waals surface area contributed by atoms with Crippen molar-refractivity contribution in [1.82, 2.24) is 34.1 Å². The molecule has 3 aromatic heterocycles. The molecule has 0 bridgehead atoms. The van der Waals surface area contributed by atoms with Crippen LogP contribution in [0.25, 0.3) is 16.9 Å². The average Bonchev–Trinajstić information content (AvgIpc) is 3.54. The van der Waals surface area contributed by atoms with Gasteiger partial charge in [0, 0.05) is 48.4 Å². The number of likely N-dealkylation sites (N-methyl/N-ethyl adjacent to an activating group) is 1. The van der Waals surface area contributed by atoms with Gasteiger partial charge in [0.25, 0.3) is 5.56 Å². The van der Waals surface area contributed by atoms with E-state index in [-0.39, 0.29) is 12.1 Å². The fraction of sp³-hybridized carbons (Fsp3) is 0.379. The van der Waals surface area contributed by atoms with Gasteiger partial charge in [0.05, 0.1) is 6.54 Å². The van der Waals surface area contributed by atoms with Crippen molar-refractivity contribution in [3.05, 3.63) is 76.2 Å². The van der Waals surface area contributed by atoms with E-state index in [1.54, 1.807) is 35.2 Å². The number of rotatable bonds is 8. The van der Waals surface area contributed by atoms with E-state index in [1.807, 2.05) is 0 Å². The van der Waals surface area contributed by atoms with Crippen molar-refractivity contribution in [2.75, 3.05) is 38.3 Å². The molecule has 12 heteroatoms. The first-order valence-electron chi connectivity index (χ1n) is 13.9. The molecule has 6 rings (SSSR count). The first-order chi connectivity index (χ1) is 19.9. The number of likely N-dealkylation sites (tertiary alicyclic amines) is 1. The lowest BCUT2D eigenvalue weighted by molar-refractivity contribution is 0.304. The Hall–Kier alpha value is -3.87. The highest BCUT2D eigenvalue weighted by Crippen LogP contribution is 2.29. The summed E-state index contributed by atoms with van der Waals surface area (Å²) in [5.74, 6) is 1.14. The van der Waals surface area contributed by atoms with Crippen LogP contribution in [0.5, 0.6) is 0 Å². The summed E-state index contributed by atoms with van der Waals surface area (Å²) in [7, 11) is 0.382. The summed E-state index contributed by atoms with van der Waals surface area (Å²) in [5, 5.41) is 3.79.